The fourth-order valence-corrected chi connectivity index (χ4v) is 3.09. The van der Waals surface area contributed by atoms with Crippen LogP contribution in [0.25, 0.3) is 0 Å². The van der Waals surface area contributed by atoms with Gasteiger partial charge in [-0.2, -0.15) is 0 Å². The van der Waals surface area contributed by atoms with Gasteiger partial charge in [0.25, 0.3) is 0 Å². The van der Waals surface area contributed by atoms with E-state index in [1.165, 1.54) is 6.92 Å². The topological polar surface area (TPSA) is 58.2 Å². The smallest absolute Gasteiger partial charge is 0.235 e. The third-order valence-electron chi connectivity index (χ3n) is 4.45. The molecule has 0 unspecified atom stereocenters. The number of carbonyl (C=O) groups excluding carboxylic acids is 2. The Morgan fingerprint density at radius 2 is 1.67 bits per heavy atom. The fraction of sp³-hybridized carbons (Fsp3) is 0.263. The first-order valence-corrected chi connectivity index (χ1v) is 8.25. The molecular weight excluding hydrogens is 324 g/mol. The second kappa shape index (κ2) is 6.29. The van der Waals surface area contributed by atoms with E-state index in [1.54, 1.807) is 6.07 Å². The number of amides is 2. The number of hydrogen-bond acceptors (Lipinski definition) is 2. The van der Waals surface area contributed by atoms with Gasteiger partial charge < -0.3 is 10.6 Å². The lowest BCUT2D eigenvalue weighted by Crippen LogP contribution is -2.28. The zero-order chi connectivity index (χ0) is 17.3. The van der Waals surface area contributed by atoms with Crippen molar-refractivity contribution in [2.45, 2.75) is 32.1 Å². The van der Waals surface area contributed by atoms with E-state index in [0.717, 1.165) is 24.0 Å². The van der Waals surface area contributed by atoms with E-state index in [4.69, 9.17) is 11.6 Å². The summed E-state index contributed by atoms with van der Waals surface area (Å²) in [6, 6.07) is 12.9. The molecule has 0 bridgehead atoms. The van der Waals surface area contributed by atoms with E-state index in [-0.39, 0.29) is 11.8 Å². The van der Waals surface area contributed by atoms with Gasteiger partial charge in [-0.15, -0.1) is 0 Å². The first-order chi connectivity index (χ1) is 11.4. The highest BCUT2D eigenvalue weighted by Gasteiger charge is 2.51. The Kier molecular flexibility index (Phi) is 4.33. The van der Waals surface area contributed by atoms with Crippen LogP contribution in [0, 0.1) is 6.92 Å². The largest absolute Gasteiger partial charge is 0.326 e. The molecule has 0 saturated heterocycles. The van der Waals surface area contributed by atoms with Gasteiger partial charge >= 0.3 is 0 Å². The Morgan fingerprint density at radius 3 is 2.25 bits per heavy atom. The van der Waals surface area contributed by atoms with Crippen LogP contribution in [-0.2, 0) is 15.0 Å². The third kappa shape index (κ3) is 3.15. The Labute approximate surface area is 146 Å². The molecule has 2 N–H and O–H groups in total. The van der Waals surface area contributed by atoms with Gasteiger partial charge in [-0.3, -0.25) is 9.59 Å². The highest BCUT2D eigenvalue weighted by molar-refractivity contribution is 6.30. The van der Waals surface area contributed by atoms with Crippen molar-refractivity contribution in [1.29, 1.82) is 0 Å². The summed E-state index contributed by atoms with van der Waals surface area (Å²) in [5, 5.41) is 6.42. The summed E-state index contributed by atoms with van der Waals surface area (Å²) in [7, 11) is 0. The third-order valence-corrected chi connectivity index (χ3v) is 4.69. The van der Waals surface area contributed by atoms with E-state index >= 15 is 0 Å². The summed E-state index contributed by atoms with van der Waals surface area (Å²) in [5.74, 6) is -0.174. The summed E-state index contributed by atoms with van der Waals surface area (Å²) in [6.07, 6.45) is 1.62. The van der Waals surface area contributed by atoms with Crippen molar-refractivity contribution in [2.75, 3.05) is 10.6 Å². The maximum atomic E-state index is 12.9. The molecule has 1 saturated carbocycles. The van der Waals surface area contributed by atoms with E-state index in [0.29, 0.717) is 16.4 Å². The SMILES string of the molecule is CC(=O)Nc1cccc(NC(=O)C2(c3cccc(Cl)c3)CC2)c1C. The zero-order valence-corrected chi connectivity index (χ0v) is 14.4. The Balaban J connectivity index is 1.84. The van der Waals surface area contributed by atoms with Gasteiger partial charge in [0.15, 0.2) is 0 Å². The standard InChI is InChI=1S/C19H19ClN2O2/c1-12-16(21-13(2)23)7-4-8-17(12)22-18(24)19(9-10-19)14-5-3-6-15(20)11-14/h3-8,11H,9-10H2,1-2H3,(H,21,23)(H,22,24). The van der Waals surface area contributed by atoms with Crippen LogP contribution in [0.1, 0.15) is 30.9 Å². The van der Waals surface area contributed by atoms with Crippen LogP contribution in [0.15, 0.2) is 42.5 Å². The van der Waals surface area contributed by atoms with Crippen LogP contribution in [0.2, 0.25) is 5.02 Å². The van der Waals surface area contributed by atoms with Crippen molar-refractivity contribution >= 4 is 34.8 Å². The van der Waals surface area contributed by atoms with Gasteiger partial charge in [0.1, 0.15) is 0 Å². The average molecular weight is 343 g/mol. The van der Waals surface area contributed by atoms with E-state index in [2.05, 4.69) is 10.6 Å². The molecule has 4 nitrogen and oxygen atoms in total. The average Bonchev–Trinajstić information content (AvgIpc) is 3.32. The minimum atomic E-state index is -0.499. The van der Waals surface area contributed by atoms with Gasteiger partial charge in [0.2, 0.25) is 11.8 Å². The predicted molar refractivity (Wildman–Crippen MR) is 96.5 cm³/mol. The van der Waals surface area contributed by atoms with Gasteiger partial charge in [-0.1, -0.05) is 29.8 Å². The van der Waals surface area contributed by atoms with Crippen molar-refractivity contribution in [3.05, 3.63) is 58.6 Å². The number of hydrogen-bond donors (Lipinski definition) is 2. The molecule has 0 radical (unpaired) electrons. The molecular formula is C19H19ClN2O2. The highest BCUT2D eigenvalue weighted by Crippen LogP contribution is 2.49. The second-order valence-corrected chi connectivity index (χ2v) is 6.64. The first kappa shape index (κ1) is 16.5. The molecule has 124 valence electrons. The number of benzene rings is 2. The minimum Gasteiger partial charge on any atom is -0.326 e. The molecule has 0 atom stereocenters. The molecule has 5 heteroatoms. The second-order valence-electron chi connectivity index (χ2n) is 6.21. The summed E-state index contributed by atoms with van der Waals surface area (Å²) in [6.45, 7) is 3.34. The molecule has 3 rings (SSSR count). The normalized spacial score (nSPS) is 14.8. The molecule has 2 aromatic rings. The monoisotopic (exact) mass is 342 g/mol. The quantitative estimate of drug-likeness (QED) is 0.871. The van der Waals surface area contributed by atoms with E-state index in [1.807, 2.05) is 43.3 Å². The Bertz CT molecular complexity index is 813. The van der Waals surface area contributed by atoms with Crippen LogP contribution < -0.4 is 10.6 Å². The van der Waals surface area contributed by atoms with Crippen molar-refractivity contribution in [1.82, 2.24) is 0 Å². The molecule has 2 aromatic carbocycles. The van der Waals surface area contributed by atoms with Gasteiger partial charge in [0.05, 0.1) is 5.41 Å². The molecule has 0 spiro atoms. The Morgan fingerprint density at radius 1 is 1.04 bits per heavy atom. The van der Waals surface area contributed by atoms with Crippen LogP contribution in [-0.4, -0.2) is 11.8 Å². The predicted octanol–water partition coefficient (Wildman–Crippen LogP) is 4.28. The van der Waals surface area contributed by atoms with Crippen molar-refractivity contribution in [3.8, 4) is 0 Å². The molecule has 1 aliphatic carbocycles. The number of halogens is 1. The van der Waals surface area contributed by atoms with E-state index in [9.17, 15) is 9.59 Å². The lowest BCUT2D eigenvalue weighted by atomic mass is 9.94. The summed E-state index contributed by atoms with van der Waals surface area (Å²) in [4.78, 5) is 24.1. The summed E-state index contributed by atoms with van der Waals surface area (Å²) < 4.78 is 0. The lowest BCUT2D eigenvalue weighted by molar-refractivity contribution is -0.118. The zero-order valence-electron chi connectivity index (χ0n) is 13.7. The summed E-state index contributed by atoms with van der Waals surface area (Å²) in [5.41, 5.74) is 2.69. The molecule has 0 heterocycles. The molecule has 24 heavy (non-hydrogen) atoms. The molecule has 0 aliphatic heterocycles. The molecule has 1 fully saturated rings. The molecule has 0 aromatic heterocycles. The van der Waals surface area contributed by atoms with Gasteiger partial charge in [-0.25, -0.2) is 0 Å². The number of anilines is 2. The van der Waals surface area contributed by atoms with Crippen molar-refractivity contribution < 1.29 is 9.59 Å². The fourth-order valence-electron chi connectivity index (χ4n) is 2.90. The maximum absolute atomic E-state index is 12.9. The minimum absolute atomic E-state index is 0.0344. The van der Waals surface area contributed by atoms with Gasteiger partial charge in [-0.05, 0) is 55.2 Å². The summed E-state index contributed by atoms with van der Waals surface area (Å²) >= 11 is 6.07. The number of carbonyl (C=O) groups is 2. The molecule has 1 aliphatic rings. The van der Waals surface area contributed by atoms with Crippen LogP contribution >= 0.6 is 11.6 Å². The lowest BCUT2D eigenvalue weighted by Gasteiger charge is -2.18. The van der Waals surface area contributed by atoms with Gasteiger partial charge in [0, 0.05) is 23.3 Å². The van der Waals surface area contributed by atoms with E-state index < -0.39 is 5.41 Å². The van der Waals surface area contributed by atoms with Crippen molar-refractivity contribution in [2.24, 2.45) is 0 Å². The Hall–Kier alpha value is -2.33. The molecule has 2 amide bonds. The first-order valence-electron chi connectivity index (χ1n) is 7.87. The highest BCUT2D eigenvalue weighted by atomic mass is 35.5. The van der Waals surface area contributed by atoms with Crippen LogP contribution in [0.4, 0.5) is 11.4 Å². The van der Waals surface area contributed by atoms with Crippen molar-refractivity contribution in [3.63, 3.8) is 0 Å². The number of nitrogens with one attached hydrogen (secondary N) is 2. The van der Waals surface area contributed by atoms with Crippen LogP contribution in [0.5, 0.6) is 0 Å². The maximum Gasteiger partial charge on any atom is 0.235 e. The number of rotatable bonds is 4. The van der Waals surface area contributed by atoms with Crippen LogP contribution in [0.3, 0.4) is 0 Å².